The lowest BCUT2D eigenvalue weighted by Crippen LogP contribution is -2.14. The number of amides is 1. The van der Waals surface area contributed by atoms with E-state index < -0.39 is 0 Å². The number of anilines is 2. The summed E-state index contributed by atoms with van der Waals surface area (Å²) in [5.41, 5.74) is 1.51. The quantitative estimate of drug-likeness (QED) is 0.891. The number of hydrogen-bond acceptors (Lipinski definition) is 3. The van der Waals surface area contributed by atoms with E-state index >= 15 is 0 Å². The van der Waals surface area contributed by atoms with Crippen molar-refractivity contribution in [1.82, 2.24) is 4.98 Å². The Morgan fingerprint density at radius 1 is 1.20 bits per heavy atom. The molecule has 2 N–H and O–H groups in total. The molecule has 0 saturated heterocycles. The van der Waals surface area contributed by atoms with Crippen molar-refractivity contribution >= 4 is 33.3 Å². The van der Waals surface area contributed by atoms with E-state index in [0.717, 1.165) is 10.2 Å². The first-order valence-electron chi connectivity index (χ1n) is 6.34. The van der Waals surface area contributed by atoms with Crippen molar-refractivity contribution in [2.75, 3.05) is 10.6 Å². The lowest BCUT2D eigenvalue weighted by Gasteiger charge is -2.10. The van der Waals surface area contributed by atoms with Gasteiger partial charge in [-0.25, -0.2) is 4.98 Å². The van der Waals surface area contributed by atoms with Crippen LogP contribution in [0.5, 0.6) is 0 Å². The van der Waals surface area contributed by atoms with Gasteiger partial charge in [-0.05, 0) is 54.0 Å². The van der Waals surface area contributed by atoms with Gasteiger partial charge in [0.05, 0.1) is 17.4 Å². The number of aromatic nitrogens is 1. The number of nitrogens with zero attached hydrogens (tertiary/aromatic N) is 1. The maximum absolute atomic E-state index is 12.1. The van der Waals surface area contributed by atoms with Crippen LogP contribution in [0.25, 0.3) is 0 Å². The highest BCUT2D eigenvalue weighted by atomic mass is 79.9. The largest absolute Gasteiger partial charge is 0.382 e. The highest BCUT2D eigenvalue weighted by molar-refractivity contribution is 9.10. The number of hydrogen-bond donors (Lipinski definition) is 2. The maximum Gasteiger partial charge on any atom is 0.257 e. The van der Waals surface area contributed by atoms with Crippen LogP contribution in [0.3, 0.4) is 0 Å². The second kappa shape index (κ2) is 6.52. The van der Waals surface area contributed by atoms with Crippen LogP contribution in [-0.2, 0) is 0 Å². The zero-order chi connectivity index (χ0) is 14.5. The van der Waals surface area contributed by atoms with E-state index in [9.17, 15) is 4.79 Å². The molecule has 0 unspecified atom stereocenters. The van der Waals surface area contributed by atoms with E-state index in [1.54, 1.807) is 18.3 Å². The summed E-state index contributed by atoms with van der Waals surface area (Å²) in [6, 6.07) is 11.3. The second-order valence-corrected chi connectivity index (χ2v) is 5.52. The van der Waals surface area contributed by atoms with Gasteiger partial charge in [-0.1, -0.05) is 12.1 Å². The van der Waals surface area contributed by atoms with Gasteiger partial charge in [0.25, 0.3) is 5.91 Å². The summed E-state index contributed by atoms with van der Waals surface area (Å²) in [4.78, 5) is 16.3. The molecule has 2 aromatic rings. The summed E-state index contributed by atoms with van der Waals surface area (Å²) < 4.78 is 0.760. The van der Waals surface area contributed by atoms with Crippen molar-refractivity contribution < 1.29 is 4.79 Å². The molecule has 5 heteroatoms. The fourth-order valence-electron chi connectivity index (χ4n) is 1.72. The fourth-order valence-corrected chi connectivity index (χ4v) is 2.18. The Hall–Kier alpha value is -1.88. The molecule has 20 heavy (non-hydrogen) atoms. The van der Waals surface area contributed by atoms with E-state index in [2.05, 4.69) is 45.4 Å². The van der Waals surface area contributed by atoms with Crippen molar-refractivity contribution in [1.29, 1.82) is 0 Å². The van der Waals surface area contributed by atoms with Gasteiger partial charge in [0.2, 0.25) is 0 Å². The van der Waals surface area contributed by atoms with Gasteiger partial charge in [0.15, 0.2) is 0 Å². The van der Waals surface area contributed by atoms with E-state index in [4.69, 9.17) is 0 Å². The minimum atomic E-state index is -0.186. The molecule has 0 aliphatic heterocycles. The number of pyridine rings is 1. The van der Waals surface area contributed by atoms with Crippen molar-refractivity contribution in [2.45, 2.75) is 19.9 Å². The third-order valence-electron chi connectivity index (χ3n) is 2.58. The van der Waals surface area contributed by atoms with Crippen LogP contribution < -0.4 is 10.6 Å². The first-order valence-corrected chi connectivity index (χ1v) is 7.14. The average Bonchev–Trinajstić information content (AvgIpc) is 2.41. The highest BCUT2D eigenvalue weighted by Gasteiger charge is 2.09. The molecule has 0 saturated carbocycles. The molecule has 1 aromatic carbocycles. The smallest absolute Gasteiger partial charge is 0.257 e. The fraction of sp³-hybridized carbons (Fsp3) is 0.200. The summed E-state index contributed by atoms with van der Waals surface area (Å²) in [7, 11) is 0. The summed E-state index contributed by atoms with van der Waals surface area (Å²) in [5.74, 6) is 0.342. The summed E-state index contributed by atoms with van der Waals surface area (Å²) in [6.07, 6.45) is 1.70. The molecule has 0 aliphatic rings. The Morgan fingerprint density at radius 2 is 1.95 bits per heavy atom. The van der Waals surface area contributed by atoms with Crippen LogP contribution in [0.15, 0.2) is 47.1 Å². The van der Waals surface area contributed by atoms with Gasteiger partial charge < -0.3 is 10.6 Å². The van der Waals surface area contributed by atoms with E-state index in [1.165, 1.54) is 0 Å². The first-order chi connectivity index (χ1) is 9.56. The van der Waals surface area contributed by atoms with E-state index in [1.807, 2.05) is 24.3 Å². The molecule has 1 aromatic heterocycles. The van der Waals surface area contributed by atoms with Crippen LogP contribution in [-0.4, -0.2) is 16.9 Å². The number of carbonyl (C=O) groups excluding carboxylic acids is 1. The number of benzene rings is 1. The summed E-state index contributed by atoms with van der Waals surface area (Å²) in [6.45, 7) is 4.12. The highest BCUT2D eigenvalue weighted by Crippen LogP contribution is 2.18. The van der Waals surface area contributed by atoms with Gasteiger partial charge in [-0.2, -0.15) is 0 Å². The van der Waals surface area contributed by atoms with Crippen molar-refractivity contribution in [3.05, 3.63) is 52.6 Å². The van der Waals surface area contributed by atoms with Crippen LogP contribution in [0.2, 0.25) is 0 Å². The Kier molecular flexibility index (Phi) is 4.74. The average molecular weight is 334 g/mol. The third-order valence-corrected chi connectivity index (χ3v) is 3.27. The molecule has 104 valence electrons. The van der Waals surface area contributed by atoms with Crippen LogP contribution in [0.1, 0.15) is 24.2 Å². The number of nitrogens with one attached hydrogen (secondary N) is 2. The first kappa shape index (κ1) is 14.5. The van der Waals surface area contributed by atoms with Crippen LogP contribution in [0, 0.1) is 0 Å². The molecule has 1 amide bonds. The molecule has 0 bridgehead atoms. The van der Waals surface area contributed by atoms with Gasteiger partial charge in [-0.3, -0.25) is 4.79 Å². The summed E-state index contributed by atoms with van der Waals surface area (Å²) in [5, 5.41) is 6.02. The lowest BCUT2D eigenvalue weighted by atomic mass is 10.2. The zero-order valence-corrected chi connectivity index (χ0v) is 12.9. The molecule has 0 aliphatic carbocycles. The Balaban J connectivity index is 2.07. The molecular weight excluding hydrogens is 318 g/mol. The summed E-state index contributed by atoms with van der Waals surface area (Å²) >= 11 is 3.36. The molecule has 2 rings (SSSR count). The normalized spacial score (nSPS) is 10.4. The molecular formula is C15H16BrN3O. The predicted octanol–water partition coefficient (Wildman–Crippen LogP) is 3.92. The molecule has 0 atom stereocenters. The number of carbonyl (C=O) groups is 1. The van der Waals surface area contributed by atoms with Crippen molar-refractivity contribution in [2.24, 2.45) is 0 Å². The van der Waals surface area contributed by atoms with Crippen molar-refractivity contribution in [3.8, 4) is 0 Å². The Bertz CT molecular complexity index is 596. The van der Waals surface area contributed by atoms with E-state index in [-0.39, 0.29) is 5.91 Å². The monoisotopic (exact) mass is 333 g/mol. The molecule has 0 radical (unpaired) electrons. The minimum Gasteiger partial charge on any atom is -0.382 e. The number of halogens is 1. The topological polar surface area (TPSA) is 54.0 Å². The van der Waals surface area contributed by atoms with Gasteiger partial charge >= 0.3 is 0 Å². The molecule has 0 fully saturated rings. The van der Waals surface area contributed by atoms with Crippen molar-refractivity contribution in [3.63, 3.8) is 0 Å². The lowest BCUT2D eigenvalue weighted by molar-refractivity contribution is 0.102. The zero-order valence-electron chi connectivity index (χ0n) is 11.4. The molecule has 0 spiro atoms. The molecule has 1 heterocycles. The Labute approximate surface area is 126 Å². The third kappa shape index (κ3) is 3.81. The maximum atomic E-state index is 12.1. The van der Waals surface area contributed by atoms with Gasteiger partial charge in [-0.15, -0.1) is 0 Å². The second-order valence-electron chi connectivity index (χ2n) is 4.67. The van der Waals surface area contributed by atoms with Crippen LogP contribution in [0.4, 0.5) is 11.5 Å². The SMILES string of the molecule is CC(C)Nc1ccc(NC(=O)c2ccccc2Br)nc1. The van der Waals surface area contributed by atoms with E-state index in [0.29, 0.717) is 17.4 Å². The standard InChI is InChI=1S/C15H16BrN3O/c1-10(2)18-11-7-8-14(17-9-11)19-15(20)12-5-3-4-6-13(12)16/h3-10,18H,1-2H3,(H,17,19,20). The van der Waals surface area contributed by atoms with Crippen LogP contribution >= 0.6 is 15.9 Å². The Morgan fingerprint density at radius 3 is 2.55 bits per heavy atom. The van der Waals surface area contributed by atoms with Gasteiger partial charge in [0.1, 0.15) is 5.82 Å². The minimum absolute atomic E-state index is 0.186. The molecule has 4 nitrogen and oxygen atoms in total. The number of rotatable bonds is 4. The predicted molar refractivity (Wildman–Crippen MR) is 85.1 cm³/mol. The van der Waals surface area contributed by atoms with Gasteiger partial charge in [0, 0.05) is 10.5 Å².